The maximum absolute atomic E-state index is 11.9. The van der Waals surface area contributed by atoms with Crippen LogP contribution >= 0.6 is 0 Å². The molecular formula is C13H15N3O5. The SMILES string of the molecule is O=C1COc2ccc(N3C[C@H](CCCO)OC3=O)nc2N1. The molecule has 0 bridgehead atoms. The van der Waals surface area contributed by atoms with Gasteiger partial charge >= 0.3 is 6.09 Å². The summed E-state index contributed by atoms with van der Waals surface area (Å²) >= 11 is 0. The molecule has 0 saturated carbocycles. The van der Waals surface area contributed by atoms with Crippen LogP contribution in [0.2, 0.25) is 0 Å². The topological polar surface area (TPSA) is 101 Å². The molecule has 0 radical (unpaired) electrons. The molecule has 0 unspecified atom stereocenters. The molecule has 3 heterocycles. The van der Waals surface area contributed by atoms with Crippen LogP contribution in [0.5, 0.6) is 5.75 Å². The molecule has 8 nitrogen and oxygen atoms in total. The van der Waals surface area contributed by atoms with E-state index in [1.807, 2.05) is 0 Å². The molecule has 1 atom stereocenters. The van der Waals surface area contributed by atoms with Crippen LogP contribution in [0.15, 0.2) is 12.1 Å². The van der Waals surface area contributed by atoms with E-state index >= 15 is 0 Å². The number of pyridine rings is 1. The number of ether oxygens (including phenoxy) is 2. The third-order valence-electron chi connectivity index (χ3n) is 3.29. The lowest BCUT2D eigenvalue weighted by atomic mass is 10.2. The van der Waals surface area contributed by atoms with Gasteiger partial charge < -0.3 is 19.9 Å². The fourth-order valence-corrected chi connectivity index (χ4v) is 2.28. The van der Waals surface area contributed by atoms with Gasteiger partial charge in [-0.15, -0.1) is 0 Å². The van der Waals surface area contributed by atoms with Crippen LogP contribution in [0.3, 0.4) is 0 Å². The van der Waals surface area contributed by atoms with E-state index in [4.69, 9.17) is 14.6 Å². The highest BCUT2D eigenvalue weighted by Gasteiger charge is 2.33. The first-order chi connectivity index (χ1) is 10.2. The number of nitrogens with zero attached hydrogens (tertiary/aromatic N) is 2. The Bertz CT molecular complexity index is 577. The summed E-state index contributed by atoms with van der Waals surface area (Å²) in [7, 11) is 0. The first kappa shape index (κ1) is 13.6. The number of carbonyl (C=O) groups is 2. The molecule has 2 N–H and O–H groups in total. The lowest BCUT2D eigenvalue weighted by molar-refractivity contribution is -0.118. The van der Waals surface area contributed by atoms with Gasteiger partial charge in [0.15, 0.2) is 18.2 Å². The van der Waals surface area contributed by atoms with Gasteiger partial charge in [-0.25, -0.2) is 9.78 Å². The van der Waals surface area contributed by atoms with Crippen molar-refractivity contribution in [1.29, 1.82) is 0 Å². The zero-order chi connectivity index (χ0) is 14.8. The molecule has 21 heavy (non-hydrogen) atoms. The van der Waals surface area contributed by atoms with Gasteiger partial charge in [-0.3, -0.25) is 9.69 Å². The third kappa shape index (κ3) is 2.75. The molecule has 2 amide bonds. The summed E-state index contributed by atoms with van der Waals surface area (Å²) in [5.74, 6) is 0.895. The van der Waals surface area contributed by atoms with E-state index in [1.54, 1.807) is 12.1 Å². The smallest absolute Gasteiger partial charge is 0.415 e. The minimum atomic E-state index is -0.478. The minimum Gasteiger partial charge on any atom is -0.480 e. The number of anilines is 2. The number of fused-ring (bicyclic) bond motifs is 1. The van der Waals surface area contributed by atoms with Crippen LogP contribution in [0.25, 0.3) is 0 Å². The predicted octanol–water partition coefficient (Wildman–Crippen LogP) is 0.510. The highest BCUT2D eigenvalue weighted by Crippen LogP contribution is 2.30. The molecule has 1 saturated heterocycles. The van der Waals surface area contributed by atoms with Crippen molar-refractivity contribution in [3.8, 4) is 5.75 Å². The molecule has 3 rings (SSSR count). The molecular weight excluding hydrogens is 278 g/mol. The van der Waals surface area contributed by atoms with Crippen LogP contribution in [0.4, 0.5) is 16.4 Å². The van der Waals surface area contributed by atoms with Gasteiger partial charge in [0, 0.05) is 6.61 Å². The van der Waals surface area contributed by atoms with Crippen molar-refractivity contribution in [3.63, 3.8) is 0 Å². The maximum Gasteiger partial charge on any atom is 0.415 e. The maximum atomic E-state index is 11.9. The van der Waals surface area contributed by atoms with Crippen LogP contribution in [-0.2, 0) is 9.53 Å². The Morgan fingerprint density at radius 1 is 1.43 bits per heavy atom. The molecule has 0 aromatic carbocycles. The van der Waals surface area contributed by atoms with E-state index in [1.165, 1.54) is 4.90 Å². The number of cyclic esters (lactones) is 1. The molecule has 2 aliphatic rings. The van der Waals surface area contributed by atoms with Crippen molar-refractivity contribution in [1.82, 2.24) is 4.98 Å². The fourth-order valence-electron chi connectivity index (χ4n) is 2.28. The number of aliphatic hydroxyl groups excluding tert-OH is 1. The zero-order valence-electron chi connectivity index (χ0n) is 11.2. The number of nitrogens with one attached hydrogen (secondary N) is 1. The molecule has 2 aliphatic heterocycles. The summed E-state index contributed by atoms with van der Waals surface area (Å²) in [6.45, 7) is 0.400. The minimum absolute atomic E-state index is 0.0387. The van der Waals surface area contributed by atoms with Gasteiger partial charge in [-0.1, -0.05) is 0 Å². The summed E-state index contributed by atoms with van der Waals surface area (Å²) in [6, 6.07) is 3.30. The Morgan fingerprint density at radius 3 is 3.10 bits per heavy atom. The highest BCUT2D eigenvalue weighted by molar-refractivity contribution is 5.95. The first-order valence-electron chi connectivity index (χ1n) is 6.70. The normalized spacial score (nSPS) is 20.6. The number of rotatable bonds is 4. The molecule has 0 spiro atoms. The largest absolute Gasteiger partial charge is 0.480 e. The van der Waals surface area contributed by atoms with E-state index in [0.29, 0.717) is 36.8 Å². The van der Waals surface area contributed by atoms with E-state index in [9.17, 15) is 9.59 Å². The first-order valence-corrected chi connectivity index (χ1v) is 6.70. The van der Waals surface area contributed by atoms with Crippen LogP contribution in [0.1, 0.15) is 12.8 Å². The lowest BCUT2D eigenvalue weighted by Crippen LogP contribution is -2.29. The predicted molar refractivity (Wildman–Crippen MR) is 72.3 cm³/mol. The molecule has 8 heteroatoms. The molecule has 1 aromatic rings. The van der Waals surface area contributed by atoms with Crippen LogP contribution < -0.4 is 15.0 Å². The molecule has 1 aromatic heterocycles. The summed E-state index contributed by atoms with van der Waals surface area (Å²) in [5, 5.41) is 11.4. The van der Waals surface area contributed by atoms with Gasteiger partial charge in [0.05, 0.1) is 6.54 Å². The van der Waals surface area contributed by atoms with E-state index in [-0.39, 0.29) is 25.2 Å². The number of carbonyl (C=O) groups excluding carboxylic acids is 2. The monoisotopic (exact) mass is 293 g/mol. The lowest BCUT2D eigenvalue weighted by Gasteiger charge is -2.19. The summed E-state index contributed by atoms with van der Waals surface area (Å²) in [5.41, 5.74) is 0. The number of aliphatic hydroxyl groups is 1. The number of hydrogen-bond acceptors (Lipinski definition) is 6. The van der Waals surface area contributed by atoms with Crippen molar-refractivity contribution in [2.24, 2.45) is 0 Å². The quantitative estimate of drug-likeness (QED) is 0.839. The second kappa shape index (κ2) is 5.57. The van der Waals surface area contributed by atoms with Crippen LogP contribution in [0, 0.1) is 0 Å². The van der Waals surface area contributed by atoms with Gasteiger partial charge in [0.2, 0.25) is 0 Å². The second-order valence-electron chi connectivity index (χ2n) is 4.84. The Labute approximate surface area is 120 Å². The van der Waals surface area contributed by atoms with E-state index in [2.05, 4.69) is 10.3 Å². The summed E-state index contributed by atoms with van der Waals surface area (Å²) < 4.78 is 10.4. The number of aromatic nitrogens is 1. The number of amides is 2. The second-order valence-corrected chi connectivity index (χ2v) is 4.84. The Balaban J connectivity index is 1.76. The van der Waals surface area contributed by atoms with E-state index in [0.717, 1.165) is 0 Å². The molecule has 0 aliphatic carbocycles. The average Bonchev–Trinajstić information content (AvgIpc) is 2.85. The van der Waals surface area contributed by atoms with Gasteiger partial charge in [-0.05, 0) is 25.0 Å². The Hall–Kier alpha value is -2.35. The van der Waals surface area contributed by atoms with Crippen LogP contribution in [-0.4, -0.2) is 48.0 Å². The van der Waals surface area contributed by atoms with Crippen molar-refractivity contribution in [2.45, 2.75) is 18.9 Å². The summed E-state index contributed by atoms with van der Waals surface area (Å²) in [4.78, 5) is 28.8. The number of hydrogen-bond donors (Lipinski definition) is 2. The zero-order valence-corrected chi connectivity index (χ0v) is 11.2. The van der Waals surface area contributed by atoms with Crippen molar-refractivity contribution >= 4 is 23.6 Å². The van der Waals surface area contributed by atoms with Crippen molar-refractivity contribution in [3.05, 3.63) is 12.1 Å². The average molecular weight is 293 g/mol. The van der Waals surface area contributed by atoms with Gasteiger partial charge in [-0.2, -0.15) is 0 Å². The molecule has 1 fully saturated rings. The summed E-state index contributed by atoms with van der Waals surface area (Å²) in [6.07, 6.45) is 0.443. The van der Waals surface area contributed by atoms with Crippen molar-refractivity contribution in [2.75, 3.05) is 30.0 Å². The highest BCUT2D eigenvalue weighted by atomic mass is 16.6. The fraction of sp³-hybridized carbons (Fsp3) is 0.462. The van der Waals surface area contributed by atoms with Crippen molar-refractivity contribution < 1.29 is 24.2 Å². The van der Waals surface area contributed by atoms with Gasteiger partial charge in [0.25, 0.3) is 5.91 Å². The Morgan fingerprint density at radius 2 is 2.29 bits per heavy atom. The Kier molecular flexibility index (Phi) is 3.61. The van der Waals surface area contributed by atoms with E-state index < -0.39 is 6.09 Å². The standard InChI is InChI=1S/C13H15N3O5/c17-5-1-2-8-6-16(13(19)21-8)10-4-3-9-12(14-10)15-11(18)7-20-9/h3-4,8,17H,1-2,5-7H2,(H,14,15,18)/t8-/m0/s1. The molecule has 112 valence electrons. The van der Waals surface area contributed by atoms with Gasteiger partial charge in [0.1, 0.15) is 11.9 Å². The third-order valence-corrected chi connectivity index (χ3v) is 3.29.